The molecule has 0 spiro atoms. The van der Waals surface area contributed by atoms with Gasteiger partial charge in [-0.3, -0.25) is 0 Å². The van der Waals surface area contributed by atoms with Crippen LogP contribution < -0.4 is 5.32 Å². The van der Waals surface area contributed by atoms with Crippen molar-refractivity contribution in [3.8, 4) is 0 Å². The van der Waals surface area contributed by atoms with E-state index in [9.17, 15) is 0 Å². The summed E-state index contributed by atoms with van der Waals surface area (Å²) in [6, 6.07) is 0.494. The molecule has 2 bridgehead atoms. The quantitative estimate of drug-likeness (QED) is 0.677. The number of rotatable bonds is 6. The molecular formula is C13H23NO. The summed E-state index contributed by atoms with van der Waals surface area (Å²) in [7, 11) is 0. The van der Waals surface area contributed by atoms with E-state index in [2.05, 4.69) is 24.4 Å². The van der Waals surface area contributed by atoms with Gasteiger partial charge in [0, 0.05) is 12.6 Å². The van der Waals surface area contributed by atoms with E-state index in [0.29, 0.717) is 6.04 Å². The molecule has 0 radical (unpaired) electrons. The highest BCUT2D eigenvalue weighted by molar-refractivity contribution is 5.10. The molecule has 1 fully saturated rings. The van der Waals surface area contributed by atoms with Gasteiger partial charge in [-0.1, -0.05) is 12.2 Å². The second kappa shape index (κ2) is 5.13. The summed E-state index contributed by atoms with van der Waals surface area (Å²) >= 11 is 0. The number of allylic oxidation sites excluding steroid dienone is 2. The summed E-state index contributed by atoms with van der Waals surface area (Å²) in [5.74, 6) is 2.63. The van der Waals surface area contributed by atoms with Gasteiger partial charge in [0.05, 0.1) is 6.61 Å². The molecule has 0 aromatic rings. The lowest BCUT2D eigenvalue weighted by molar-refractivity contribution is 0.125. The third-order valence-corrected chi connectivity index (χ3v) is 3.72. The molecule has 2 nitrogen and oxygen atoms in total. The fourth-order valence-corrected chi connectivity index (χ4v) is 2.84. The Morgan fingerprint density at radius 1 is 1.40 bits per heavy atom. The lowest BCUT2D eigenvalue weighted by atomic mass is 9.93. The minimum atomic E-state index is 0.494. The van der Waals surface area contributed by atoms with Crippen molar-refractivity contribution < 1.29 is 4.74 Å². The molecule has 86 valence electrons. The molecule has 4 atom stereocenters. The monoisotopic (exact) mass is 209 g/mol. The summed E-state index contributed by atoms with van der Waals surface area (Å²) in [4.78, 5) is 0. The number of nitrogens with one attached hydrogen (secondary N) is 1. The first-order chi connectivity index (χ1) is 7.29. The molecule has 2 heteroatoms. The summed E-state index contributed by atoms with van der Waals surface area (Å²) < 4.78 is 5.40. The largest absolute Gasteiger partial charge is 0.380 e. The molecule has 2 aliphatic carbocycles. The van der Waals surface area contributed by atoms with E-state index in [1.54, 1.807) is 0 Å². The lowest BCUT2D eigenvalue weighted by Gasteiger charge is -2.21. The molecule has 2 aliphatic rings. The molecule has 0 heterocycles. The fourth-order valence-electron chi connectivity index (χ4n) is 2.84. The fraction of sp³-hybridized carbons (Fsp3) is 0.846. The van der Waals surface area contributed by atoms with Gasteiger partial charge < -0.3 is 10.1 Å². The van der Waals surface area contributed by atoms with Crippen molar-refractivity contribution in [3.05, 3.63) is 12.2 Å². The first-order valence-electron chi connectivity index (χ1n) is 6.29. The Morgan fingerprint density at radius 2 is 2.27 bits per heavy atom. The third-order valence-electron chi connectivity index (χ3n) is 3.72. The molecule has 15 heavy (non-hydrogen) atoms. The molecule has 2 rings (SSSR count). The molecule has 0 aromatic heterocycles. The van der Waals surface area contributed by atoms with Crippen LogP contribution in [0.4, 0.5) is 0 Å². The highest BCUT2D eigenvalue weighted by Gasteiger charge is 2.35. The Kier molecular flexibility index (Phi) is 3.81. The van der Waals surface area contributed by atoms with Crippen molar-refractivity contribution in [2.45, 2.75) is 32.7 Å². The van der Waals surface area contributed by atoms with Gasteiger partial charge in [0.1, 0.15) is 0 Å². The van der Waals surface area contributed by atoms with Crippen LogP contribution in [0.1, 0.15) is 26.7 Å². The van der Waals surface area contributed by atoms with Crippen molar-refractivity contribution in [2.75, 3.05) is 19.8 Å². The topological polar surface area (TPSA) is 21.3 Å². The van der Waals surface area contributed by atoms with E-state index in [1.807, 2.05) is 6.92 Å². The smallest absolute Gasteiger partial charge is 0.0616 e. The zero-order valence-corrected chi connectivity index (χ0v) is 9.91. The zero-order chi connectivity index (χ0) is 10.7. The Bertz CT molecular complexity index is 227. The summed E-state index contributed by atoms with van der Waals surface area (Å²) in [5, 5.41) is 3.59. The predicted molar refractivity (Wildman–Crippen MR) is 62.8 cm³/mol. The van der Waals surface area contributed by atoms with Gasteiger partial charge >= 0.3 is 0 Å². The average Bonchev–Trinajstić information content (AvgIpc) is 2.84. The Labute approximate surface area is 93.1 Å². The average molecular weight is 209 g/mol. The van der Waals surface area contributed by atoms with Crippen LogP contribution in [0.5, 0.6) is 0 Å². The number of fused-ring (bicyclic) bond motifs is 2. The first-order valence-corrected chi connectivity index (χ1v) is 6.29. The third kappa shape index (κ3) is 2.82. The van der Waals surface area contributed by atoms with Crippen molar-refractivity contribution in [3.63, 3.8) is 0 Å². The molecule has 1 N–H and O–H groups in total. The maximum atomic E-state index is 5.40. The van der Waals surface area contributed by atoms with Gasteiger partial charge in [-0.25, -0.2) is 0 Å². The van der Waals surface area contributed by atoms with Gasteiger partial charge in [-0.15, -0.1) is 0 Å². The second-order valence-electron chi connectivity index (χ2n) is 5.01. The Morgan fingerprint density at radius 3 is 2.87 bits per heavy atom. The first kappa shape index (κ1) is 11.2. The van der Waals surface area contributed by atoms with Crippen molar-refractivity contribution in [2.24, 2.45) is 17.8 Å². The van der Waals surface area contributed by atoms with Crippen molar-refractivity contribution >= 4 is 0 Å². The minimum absolute atomic E-state index is 0.494. The van der Waals surface area contributed by atoms with Crippen LogP contribution in [-0.4, -0.2) is 25.8 Å². The van der Waals surface area contributed by atoms with E-state index in [-0.39, 0.29) is 0 Å². The van der Waals surface area contributed by atoms with Crippen molar-refractivity contribution in [1.29, 1.82) is 0 Å². The predicted octanol–water partition coefficient (Wildman–Crippen LogP) is 2.21. The molecule has 0 aromatic carbocycles. The van der Waals surface area contributed by atoms with Gasteiger partial charge in [0.25, 0.3) is 0 Å². The van der Waals surface area contributed by atoms with Gasteiger partial charge in [0.2, 0.25) is 0 Å². The Hall–Kier alpha value is -0.340. The van der Waals surface area contributed by atoms with Crippen LogP contribution in [0.15, 0.2) is 12.2 Å². The molecule has 0 saturated heterocycles. The van der Waals surface area contributed by atoms with E-state index in [1.165, 1.54) is 19.4 Å². The number of hydrogen-bond donors (Lipinski definition) is 1. The van der Waals surface area contributed by atoms with E-state index in [4.69, 9.17) is 4.74 Å². The van der Waals surface area contributed by atoms with Crippen LogP contribution in [0, 0.1) is 17.8 Å². The van der Waals surface area contributed by atoms with Gasteiger partial charge in [-0.2, -0.15) is 0 Å². The van der Waals surface area contributed by atoms with Crippen LogP contribution in [-0.2, 0) is 4.74 Å². The van der Waals surface area contributed by atoms with Crippen LogP contribution in [0.2, 0.25) is 0 Å². The SMILES string of the molecule is CCOCC(C)NCC1CC2C=CC1C2. The molecule has 0 amide bonds. The van der Waals surface area contributed by atoms with Crippen LogP contribution >= 0.6 is 0 Å². The number of hydrogen-bond acceptors (Lipinski definition) is 2. The normalized spacial score (nSPS) is 34.9. The molecular weight excluding hydrogens is 186 g/mol. The van der Waals surface area contributed by atoms with Gasteiger partial charge in [-0.05, 0) is 51.0 Å². The van der Waals surface area contributed by atoms with Crippen molar-refractivity contribution in [1.82, 2.24) is 5.32 Å². The molecule has 4 unspecified atom stereocenters. The lowest BCUT2D eigenvalue weighted by Crippen LogP contribution is -2.35. The van der Waals surface area contributed by atoms with Crippen LogP contribution in [0.25, 0.3) is 0 Å². The van der Waals surface area contributed by atoms with E-state index < -0.39 is 0 Å². The van der Waals surface area contributed by atoms with E-state index >= 15 is 0 Å². The maximum Gasteiger partial charge on any atom is 0.0616 e. The van der Waals surface area contributed by atoms with E-state index in [0.717, 1.165) is 31.0 Å². The Balaban J connectivity index is 1.64. The van der Waals surface area contributed by atoms with Gasteiger partial charge in [0.15, 0.2) is 0 Å². The highest BCUT2D eigenvalue weighted by Crippen LogP contribution is 2.42. The molecule has 0 aliphatic heterocycles. The maximum absolute atomic E-state index is 5.40. The summed E-state index contributed by atoms with van der Waals surface area (Å²) in [6.45, 7) is 7.09. The standard InChI is InChI=1S/C13H23NO/c1-3-15-9-10(2)14-8-13-7-11-4-5-12(13)6-11/h4-5,10-14H,3,6-9H2,1-2H3. The molecule has 1 saturated carbocycles. The number of ether oxygens (including phenoxy) is 1. The zero-order valence-electron chi connectivity index (χ0n) is 9.91. The summed E-state index contributed by atoms with van der Waals surface area (Å²) in [5.41, 5.74) is 0. The highest BCUT2D eigenvalue weighted by atomic mass is 16.5. The second-order valence-corrected chi connectivity index (χ2v) is 5.01. The summed E-state index contributed by atoms with van der Waals surface area (Å²) in [6.07, 6.45) is 7.64. The minimum Gasteiger partial charge on any atom is -0.380 e. The van der Waals surface area contributed by atoms with Crippen LogP contribution in [0.3, 0.4) is 0 Å².